The molecule has 0 fully saturated rings. The van der Waals surface area contributed by atoms with Gasteiger partial charge in [-0.05, 0) is 23.1 Å². The van der Waals surface area contributed by atoms with Crippen LogP contribution >= 0.6 is 0 Å². The molecule has 0 heterocycles. The van der Waals surface area contributed by atoms with E-state index in [9.17, 15) is 4.79 Å². The van der Waals surface area contributed by atoms with Gasteiger partial charge in [0, 0.05) is 13.6 Å². The number of aliphatic hydroxyl groups excluding tert-OH is 1. The Balaban J connectivity index is 2.53. The second kappa shape index (κ2) is 6.57. The third kappa shape index (κ3) is 4.91. The molecule has 1 aromatic rings. The van der Waals surface area contributed by atoms with Crippen LogP contribution in [0, 0.1) is 0 Å². The highest BCUT2D eigenvalue weighted by Gasteiger charge is 2.13. The van der Waals surface area contributed by atoms with Crippen molar-refractivity contribution in [3.63, 3.8) is 0 Å². The summed E-state index contributed by atoms with van der Waals surface area (Å²) in [7, 11) is 1.64. The molecule has 0 saturated heterocycles. The Kier molecular flexibility index (Phi) is 5.36. The number of carbonyl (C=O) groups excluding carboxylic acids is 1. The Morgan fingerprint density at radius 2 is 1.84 bits per heavy atom. The number of benzene rings is 1. The molecule has 1 amide bonds. The highest BCUT2D eigenvalue weighted by atomic mass is 16.5. The lowest BCUT2D eigenvalue weighted by Crippen LogP contribution is -2.33. The average Bonchev–Trinajstić information content (AvgIpc) is 2.35. The van der Waals surface area contributed by atoms with E-state index in [-0.39, 0.29) is 24.5 Å². The van der Waals surface area contributed by atoms with E-state index in [1.807, 2.05) is 24.3 Å². The number of hydrogen-bond donors (Lipinski definition) is 1. The van der Waals surface area contributed by atoms with Crippen LogP contribution in [0.3, 0.4) is 0 Å². The zero-order valence-corrected chi connectivity index (χ0v) is 12.1. The summed E-state index contributed by atoms with van der Waals surface area (Å²) in [6, 6.07) is 7.77. The van der Waals surface area contributed by atoms with E-state index >= 15 is 0 Å². The first kappa shape index (κ1) is 15.5. The van der Waals surface area contributed by atoms with Gasteiger partial charge in [0.05, 0.1) is 6.61 Å². The van der Waals surface area contributed by atoms with Gasteiger partial charge in [0.1, 0.15) is 5.75 Å². The minimum atomic E-state index is -0.144. The largest absolute Gasteiger partial charge is 0.484 e. The molecule has 4 nitrogen and oxygen atoms in total. The van der Waals surface area contributed by atoms with Crippen LogP contribution in [0.2, 0.25) is 0 Å². The number of carbonyl (C=O) groups is 1. The van der Waals surface area contributed by atoms with Gasteiger partial charge in [-0.3, -0.25) is 4.79 Å². The normalized spacial score (nSPS) is 11.2. The van der Waals surface area contributed by atoms with Gasteiger partial charge in [0.2, 0.25) is 0 Å². The monoisotopic (exact) mass is 265 g/mol. The molecule has 1 aromatic carbocycles. The van der Waals surface area contributed by atoms with Crippen molar-refractivity contribution >= 4 is 5.91 Å². The van der Waals surface area contributed by atoms with Crippen LogP contribution in [-0.2, 0) is 10.2 Å². The number of likely N-dealkylation sites (N-methyl/N-ethyl adjacent to an activating group) is 1. The molecule has 0 bridgehead atoms. The van der Waals surface area contributed by atoms with Crippen molar-refractivity contribution < 1.29 is 14.6 Å². The van der Waals surface area contributed by atoms with Gasteiger partial charge >= 0.3 is 0 Å². The molecular formula is C15H23NO3. The number of amides is 1. The molecule has 106 valence electrons. The predicted octanol–water partition coefficient (Wildman–Crippen LogP) is 1.81. The van der Waals surface area contributed by atoms with Gasteiger partial charge in [-0.1, -0.05) is 32.9 Å². The van der Waals surface area contributed by atoms with Gasteiger partial charge in [0.15, 0.2) is 6.61 Å². The summed E-state index contributed by atoms with van der Waals surface area (Å²) in [4.78, 5) is 13.1. The third-order valence-electron chi connectivity index (χ3n) is 2.94. The van der Waals surface area contributed by atoms with Crippen molar-refractivity contribution in [2.24, 2.45) is 0 Å². The smallest absolute Gasteiger partial charge is 0.260 e. The van der Waals surface area contributed by atoms with E-state index < -0.39 is 0 Å². The molecule has 0 spiro atoms. The fourth-order valence-electron chi connectivity index (χ4n) is 1.58. The first-order chi connectivity index (χ1) is 8.84. The maximum Gasteiger partial charge on any atom is 0.260 e. The van der Waals surface area contributed by atoms with Crippen LogP contribution in [0.1, 0.15) is 26.3 Å². The topological polar surface area (TPSA) is 49.8 Å². The van der Waals surface area contributed by atoms with Crippen LogP contribution in [-0.4, -0.2) is 42.7 Å². The minimum Gasteiger partial charge on any atom is -0.484 e. The number of aliphatic hydroxyl groups is 1. The number of rotatable bonds is 5. The molecule has 0 aliphatic carbocycles. The summed E-state index contributed by atoms with van der Waals surface area (Å²) in [6.45, 7) is 6.72. The third-order valence-corrected chi connectivity index (χ3v) is 2.94. The van der Waals surface area contributed by atoms with Crippen molar-refractivity contribution in [1.29, 1.82) is 0 Å². The lowest BCUT2D eigenvalue weighted by Gasteiger charge is -2.19. The molecule has 0 saturated carbocycles. The van der Waals surface area contributed by atoms with E-state index in [4.69, 9.17) is 9.84 Å². The molecule has 0 unspecified atom stereocenters. The summed E-state index contributed by atoms with van der Waals surface area (Å²) in [6.07, 6.45) is 0. The summed E-state index contributed by atoms with van der Waals surface area (Å²) in [5.74, 6) is 0.535. The van der Waals surface area contributed by atoms with Crippen LogP contribution < -0.4 is 4.74 Å². The van der Waals surface area contributed by atoms with Crippen molar-refractivity contribution in [3.8, 4) is 5.75 Å². The summed E-state index contributed by atoms with van der Waals surface area (Å²) >= 11 is 0. The van der Waals surface area contributed by atoms with E-state index in [0.717, 1.165) is 0 Å². The highest BCUT2D eigenvalue weighted by Crippen LogP contribution is 2.24. The Bertz CT molecular complexity index is 406. The van der Waals surface area contributed by atoms with Gasteiger partial charge in [-0.15, -0.1) is 0 Å². The summed E-state index contributed by atoms with van der Waals surface area (Å²) < 4.78 is 5.43. The Morgan fingerprint density at radius 3 is 2.32 bits per heavy atom. The quantitative estimate of drug-likeness (QED) is 0.883. The molecule has 0 aliphatic rings. The summed E-state index contributed by atoms with van der Waals surface area (Å²) in [5.41, 5.74) is 1.33. The molecule has 0 aromatic heterocycles. The molecule has 1 rings (SSSR count). The number of hydrogen-bond acceptors (Lipinski definition) is 3. The Morgan fingerprint density at radius 1 is 1.26 bits per heavy atom. The lowest BCUT2D eigenvalue weighted by atomic mass is 9.87. The van der Waals surface area contributed by atoms with Crippen molar-refractivity contribution in [1.82, 2.24) is 4.90 Å². The highest BCUT2D eigenvalue weighted by molar-refractivity contribution is 5.77. The number of nitrogens with zero attached hydrogens (tertiary/aromatic N) is 1. The molecule has 19 heavy (non-hydrogen) atoms. The van der Waals surface area contributed by atoms with Gasteiger partial charge < -0.3 is 14.7 Å². The first-order valence-electron chi connectivity index (χ1n) is 6.43. The van der Waals surface area contributed by atoms with Gasteiger partial charge in [-0.2, -0.15) is 0 Å². The second-order valence-electron chi connectivity index (χ2n) is 5.60. The lowest BCUT2D eigenvalue weighted by molar-refractivity contribution is -0.132. The average molecular weight is 265 g/mol. The van der Waals surface area contributed by atoms with Crippen molar-refractivity contribution in [3.05, 3.63) is 29.8 Å². The standard InChI is InChI=1S/C15H23NO3/c1-15(2,3)12-5-7-13(8-6-12)19-11-14(18)16(4)9-10-17/h5-8,17H,9-11H2,1-4H3. The van der Waals surface area contributed by atoms with E-state index in [1.54, 1.807) is 7.05 Å². The molecule has 0 aliphatic heterocycles. The molecule has 4 heteroatoms. The fraction of sp³-hybridized carbons (Fsp3) is 0.533. The maximum atomic E-state index is 11.6. The fourth-order valence-corrected chi connectivity index (χ4v) is 1.58. The zero-order chi connectivity index (χ0) is 14.5. The Labute approximate surface area is 115 Å². The molecule has 1 N–H and O–H groups in total. The first-order valence-corrected chi connectivity index (χ1v) is 6.43. The van der Waals surface area contributed by atoms with E-state index in [2.05, 4.69) is 20.8 Å². The van der Waals surface area contributed by atoms with Gasteiger partial charge in [0.25, 0.3) is 5.91 Å². The minimum absolute atomic E-state index is 0.00857. The van der Waals surface area contributed by atoms with Crippen LogP contribution in [0.5, 0.6) is 5.75 Å². The SMILES string of the molecule is CN(CCO)C(=O)COc1ccc(C(C)(C)C)cc1. The van der Waals surface area contributed by atoms with Crippen molar-refractivity contribution in [2.45, 2.75) is 26.2 Å². The zero-order valence-electron chi connectivity index (χ0n) is 12.1. The summed E-state index contributed by atoms with van der Waals surface area (Å²) in [5, 5.41) is 8.74. The van der Waals surface area contributed by atoms with E-state index in [1.165, 1.54) is 10.5 Å². The van der Waals surface area contributed by atoms with Crippen LogP contribution in [0.15, 0.2) is 24.3 Å². The Hall–Kier alpha value is -1.55. The van der Waals surface area contributed by atoms with Gasteiger partial charge in [-0.25, -0.2) is 0 Å². The predicted molar refractivity (Wildman–Crippen MR) is 75.4 cm³/mol. The molecule has 0 atom stereocenters. The molecular weight excluding hydrogens is 242 g/mol. The number of ether oxygens (including phenoxy) is 1. The van der Waals surface area contributed by atoms with Crippen LogP contribution in [0.25, 0.3) is 0 Å². The second-order valence-corrected chi connectivity index (χ2v) is 5.60. The van der Waals surface area contributed by atoms with E-state index in [0.29, 0.717) is 12.3 Å². The van der Waals surface area contributed by atoms with Crippen molar-refractivity contribution in [2.75, 3.05) is 26.8 Å². The molecule has 0 radical (unpaired) electrons. The maximum absolute atomic E-state index is 11.6. The van der Waals surface area contributed by atoms with Crippen LogP contribution in [0.4, 0.5) is 0 Å².